The number of benzene rings is 2. The van der Waals surface area contributed by atoms with Crippen LogP contribution in [0.1, 0.15) is 43.0 Å². The molecule has 0 bridgehead atoms. The maximum atomic E-state index is 12.7. The number of aromatic nitrogens is 5. The molecule has 0 aliphatic heterocycles. The molecule has 214 valence electrons. The molecule has 4 aromatic rings. The minimum atomic E-state index is -0.453. The van der Waals surface area contributed by atoms with Gasteiger partial charge in [0.1, 0.15) is 0 Å². The van der Waals surface area contributed by atoms with Crippen LogP contribution in [0.2, 0.25) is 0 Å². The van der Waals surface area contributed by atoms with Crippen molar-refractivity contribution in [2.45, 2.75) is 61.8 Å². The van der Waals surface area contributed by atoms with Gasteiger partial charge in [0.15, 0.2) is 15.3 Å². The molecule has 0 radical (unpaired) electrons. The molecule has 1 N–H and O–H groups in total. The van der Waals surface area contributed by atoms with E-state index in [0.717, 1.165) is 10.1 Å². The zero-order valence-corrected chi connectivity index (χ0v) is 26.0. The molecule has 0 spiro atoms. The third kappa shape index (κ3) is 7.60. The van der Waals surface area contributed by atoms with Gasteiger partial charge in [-0.05, 0) is 53.6 Å². The van der Waals surface area contributed by atoms with Crippen LogP contribution in [0.4, 0.5) is 10.8 Å². The van der Waals surface area contributed by atoms with Crippen molar-refractivity contribution in [3.05, 3.63) is 81.4 Å². The highest BCUT2D eigenvalue weighted by Gasteiger charge is 2.19. The molecule has 2 aromatic heterocycles. The Morgan fingerprint density at radius 3 is 2.39 bits per heavy atom. The van der Waals surface area contributed by atoms with E-state index >= 15 is 0 Å². The van der Waals surface area contributed by atoms with Crippen LogP contribution in [0.5, 0.6) is 0 Å². The topological polar surface area (TPSA) is 129 Å². The molecule has 0 saturated carbocycles. The van der Waals surface area contributed by atoms with Gasteiger partial charge in [-0.15, -0.1) is 27.0 Å². The number of rotatable bonds is 11. The molecule has 4 rings (SSSR count). The van der Waals surface area contributed by atoms with Crippen molar-refractivity contribution < 1.29 is 9.72 Å². The SMILES string of the molecule is C=CCn1c(SCC(=O)Nc2nnc(SCc3c(C)cc(C(C)(C)C)cc3C)s2)nnc1-c1ccc([N+](=O)[O-])cc1. The zero-order chi connectivity index (χ0) is 29.7. The zero-order valence-electron chi connectivity index (χ0n) is 23.5. The fourth-order valence-electron chi connectivity index (χ4n) is 4.03. The fourth-order valence-corrected chi connectivity index (χ4v) is 6.74. The van der Waals surface area contributed by atoms with Gasteiger partial charge in [0.25, 0.3) is 5.69 Å². The summed E-state index contributed by atoms with van der Waals surface area (Å²) in [4.78, 5) is 23.2. The Morgan fingerprint density at radius 2 is 1.78 bits per heavy atom. The Balaban J connectivity index is 1.35. The monoisotopic (exact) mass is 609 g/mol. The van der Waals surface area contributed by atoms with Crippen LogP contribution >= 0.6 is 34.9 Å². The molecule has 0 aliphatic rings. The van der Waals surface area contributed by atoms with Crippen molar-refractivity contribution >= 4 is 51.6 Å². The van der Waals surface area contributed by atoms with Gasteiger partial charge < -0.3 is 0 Å². The summed E-state index contributed by atoms with van der Waals surface area (Å²) in [5, 5.41) is 31.6. The Labute approximate surface area is 251 Å². The Hall–Kier alpha value is -3.55. The van der Waals surface area contributed by atoms with Crippen LogP contribution in [0, 0.1) is 24.0 Å². The number of allylic oxidation sites excluding steroid dienone is 1. The molecular weight excluding hydrogens is 579 g/mol. The second kappa shape index (κ2) is 13.0. The Morgan fingerprint density at radius 1 is 1.10 bits per heavy atom. The van der Waals surface area contributed by atoms with E-state index in [1.54, 1.807) is 30.0 Å². The summed E-state index contributed by atoms with van der Waals surface area (Å²) in [6.07, 6.45) is 1.70. The second-order valence-corrected chi connectivity index (χ2v) is 13.5. The number of non-ortho nitro benzene ring substituents is 1. The molecule has 0 aliphatic carbocycles. The summed E-state index contributed by atoms with van der Waals surface area (Å²) in [6, 6.07) is 10.6. The number of amides is 1. The second-order valence-electron chi connectivity index (χ2n) is 10.3. The summed E-state index contributed by atoms with van der Waals surface area (Å²) in [5.74, 6) is 1.16. The molecule has 13 heteroatoms. The van der Waals surface area contributed by atoms with Gasteiger partial charge in [0, 0.05) is 30.0 Å². The number of aryl methyl sites for hydroxylation is 2. The van der Waals surface area contributed by atoms with Gasteiger partial charge in [0.2, 0.25) is 11.0 Å². The van der Waals surface area contributed by atoms with Crippen molar-refractivity contribution in [1.29, 1.82) is 0 Å². The first-order chi connectivity index (χ1) is 19.5. The van der Waals surface area contributed by atoms with Crippen LogP contribution in [-0.4, -0.2) is 41.5 Å². The number of nitrogens with zero attached hydrogens (tertiary/aromatic N) is 6. The third-order valence-corrected chi connectivity index (χ3v) is 9.22. The first kappa shape index (κ1) is 30.4. The van der Waals surface area contributed by atoms with E-state index in [-0.39, 0.29) is 22.8 Å². The predicted octanol–water partition coefficient (Wildman–Crippen LogP) is 6.83. The number of hydrogen-bond acceptors (Lipinski definition) is 10. The molecule has 0 fully saturated rings. The van der Waals surface area contributed by atoms with Crippen molar-refractivity contribution in [3.63, 3.8) is 0 Å². The number of nitrogens with one attached hydrogen (secondary N) is 1. The van der Waals surface area contributed by atoms with Crippen molar-refractivity contribution in [2.75, 3.05) is 11.1 Å². The van der Waals surface area contributed by atoms with Gasteiger partial charge in [-0.2, -0.15) is 0 Å². The quantitative estimate of drug-likeness (QED) is 0.0639. The number of nitro groups is 1. The lowest BCUT2D eigenvalue weighted by Gasteiger charge is -2.22. The van der Waals surface area contributed by atoms with Crippen LogP contribution in [0.3, 0.4) is 0 Å². The van der Waals surface area contributed by atoms with Crippen molar-refractivity contribution in [1.82, 2.24) is 25.0 Å². The van der Waals surface area contributed by atoms with Crippen LogP contribution in [0.25, 0.3) is 11.4 Å². The minimum Gasteiger partial charge on any atom is -0.300 e. The van der Waals surface area contributed by atoms with Crippen LogP contribution in [-0.2, 0) is 22.5 Å². The van der Waals surface area contributed by atoms with Gasteiger partial charge in [-0.25, -0.2) is 0 Å². The first-order valence-corrected chi connectivity index (χ1v) is 15.5. The van der Waals surface area contributed by atoms with Gasteiger partial charge >= 0.3 is 0 Å². The molecule has 1 amide bonds. The van der Waals surface area contributed by atoms with E-state index in [9.17, 15) is 14.9 Å². The number of carbonyl (C=O) groups excluding carboxylic acids is 1. The third-order valence-electron chi connectivity index (χ3n) is 6.25. The average molecular weight is 610 g/mol. The lowest BCUT2D eigenvalue weighted by Crippen LogP contribution is -2.14. The molecule has 0 atom stereocenters. The summed E-state index contributed by atoms with van der Waals surface area (Å²) in [5.41, 5.74) is 5.91. The number of hydrogen-bond donors (Lipinski definition) is 1. The summed E-state index contributed by atoms with van der Waals surface area (Å²) >= 11 is 4.18. The summed E-state index contributed by atoms with van der Waals surface area (Å²) in [6.45, 7) is 15.2. The molecule has 41 heavy (non-hydrogen) atoms. The molecule has 0 unspecified atom stereocenters. The molecule has 10 nitrogen and oxygen atoms in total. The summed E-state index contributed by atoms with van der Waals surface area (Å²) < 4.78 is 2.59. The lowest BCUT2D eigenvalue weighted by molar-refractivity contribution is -0.384. The molecule has 2 aromatic carbocycles. The number of thioether (sulfide) groups is 2. The first-order valence-electron chi connectivity index (χ1n) is 12.7. The van der Waals surface area contributed by atoms with E-state index in [0.29, 0.717) is 28.2 Å². The predicted molar refractivity (Wildman–Crippen MR) is 166 cm³/mol. The van der Waals surface area contributed by atoms with E-state index in [1.165, 1.54) is 57.5 Å². The van der Waals surface area contributed by atoms with Gasteiger partial charge in [-0.1, -0.05) is 73.8 Å². The average Bonchev–Trinajstić information content (AvgIpc) is 3.53. The van der Waals surface area contributed by atoms with E-state index < -0.39 is 4.92 Å². The van der Waals surface area contributed by atoms with E-state index in [2.05, 4.69) is 79.0 Å². The molecule has 2 heterocycles. The van der Waals surface area contributed by atoms with E-state index in [4.69, 9.17) is 0 Å². The largest absolute Gasteiger partial charge is 0.300 e. The normalized spacial score (nSPS) is 11.4. The smallest absolute Gasteiger partial charge is 0.269 e. The van der Waals surface area contributed by atoms with Gasteiger partial charge in [0.05, 0.1) is 10.7 Å². The Kier molecular flexibility index (Phi) is 9.61. The van der Waals surface area contributed by atoms with Gasteiger partial charge in [-0.3, -0.25) is 24.8 Å². The standard InChI is InChI=1S/C28H31N7O3S3/c1-7-12-34-24(19-8-10-21(11-9-19)35(37)38)30-32-26(34)39-16-23(36)29-25-31-33-27(41-25)40-15-22-17(2)13-20(14-18(22)3)28(4,5)6/h7-11,13-14H,1,12,15-16H2,2-6H3,(H,29,31,36). The summed E-state index contributed by atoms with van der Waals surface area (Å²) in [7, 11) is 0. The molecular formula is C28H31N7O3S3. The fraction of sp³-hybridized carbons (Fsp3) is 0.321. The van der Waals surface area contributed by atoms with E-state index in [1.807, 2.05) is 4.57 Å². The lowest BCUT2D eigenvalue weighted by atomic mass is 9.84. The minimum absolute atomic E-state index is 0.00646. The number of carbonyl (C=O) groups is 1. The Bertz CT molecular complexity index is 1550. The maximum absolute atomic E-state index is 12.7. The van der Waals surface area contributed by atoms with Crippen LogP contribution < -0.4 is 5.32 Å². The van der Waals surface area contributed by atoms with Crippen LogP contribution in [0.15, 0.2) is 58.5 Å². The van der Waals surface area contributed by atoms with Crippen molar-refractivity contribution in [3.8, 4) is 11.4 Å². The highest BCUT2D eigenvalue weighted by Crippen LogP contribution is 2.33. The number of nitro benzene ring substituents is 1. The number of anilines is 1. The van der Waals surface area contributed by atoms with Crippen molar-refractivity contribution in [2.24, 2.45) is 0 Å². The highest BCUT2D eigenvalue weighted by atomic mass is 32.2. The highest BCUT2D eigenvalue weighted by molar-refractivity contribution is 8.00. The maximum Gasteiger partial charge on any atom is 0.269 e. The molecule has 0 saturated heterocycles.